The lowest BCUT2D eigenvalue weighted by Crippen LogP contribution is -2.50. The molecule has 8 heteroatoms. The Kier molecular flexibility index (Phi) is 6.56. The van der Waals surface area contributed by atoms with E-state index in [-0.39, 0.29) is 17.5 Å². The van der Waals surface area contributed by atoms with Crippen molar-refractivity contribution in [1.29, 1.82) is 0 Å². The van der Waals surface area contributed by atoms with Gasteiger partial charge >= 0.3 is 0 Å². The third kappa shape index (κ3) is 4.88. The van der Waals surface area contributed by atoms with Gasteiger partial charge in [-0.25, -0.2) is 0 Å². The van der Waals surface area contributed by atoms with E-state index in [0.717, 1.165) is 23.5 Å². The van der Waals surface area contributed by atoms with E-state index in [1.54, 1.807) is 29.9 Å². The van der Waals surface area contributed by atoms with E-state index in [1.165, 1.54) is 4.90 Å². The van der Waals surface area contributed by atoms with Gasteiger partial charge in [-0.3, -0.25) is 19.5 Å². The highest BCUT2D eigenvalue weighted by molar-refractivity contribution is 7.03. The van der Waals surface area contributed by atoms with Crippen LogP contribution >= 0.6 is 11.5 Å². The number of anilines is 1. The highest BCUT2D eigenvalue weighted by Gasteiger charge is 2.36. The number of amides is 2. The fourth-order valence-electron chi connectivity index (χ4n) is 3.00. The molecule has 2 heterocycles. The molecular formula is C22H25N5O2S. The smallest absolute Gasteiger partial charge is 0.280 e. The number of carbonyl (C=O) groups excluding carboxylic acids is 2. The minimum atomic E-state index is -0.894. The van der Waals surface area contributed by atoms with Crippen LogP contribution in [0.25, 0.3) is 0 Å². The normalized spacial score (nSPS) is 12.3. The number of nitrogens with one attached hydrogen (secondary N) is 1. The molecule has 0 aliphatic carbocycles. The molecule has 0 spiro atoms. The van der Waals surface area contributed by atoms with Crippen LogP contribution in [0.15, 0.2) is 54.2 Å². The lowest BCUT2D eigenvalue weighted by atomic mass is 9.98. The first-order valence-corrected chi connectivity index (χ1v) is 10.6. The van der Waals surface area contributed by atoms with Crippen LogP contribution < -0.4 is 10.2 Å². The van der Waals surface area contributed by atoms with E-state index >= 15 is 0 Å². The molecule has 7 nitrogen and oxygen atoms in total. The first-order valence-electron chi connectivity index (χ1n) is 9.71. The molecule has 0 saturated carbocycles. The van der Waals surface area contributed by atoms with E-state index in [0.29, 0.717) is 11.3 Å². The first kappa shape index (κ1) is 21.6. The number of hydrogen-bond acceptors (Lipinski definition) is 6. The number of aryl methyl sites for hydroxylation is 1. The summed E-state index contributed by atoms with van der Waals surface area (Å²) in [5.41, 5.74) is 2.02. The summed E-state index contributed by atoms with van der Waals surface area (Å²) in [6.07, 6.45) is 3.98. The minimum Gasteiger partial charge on any atom is -0.349 e. The van der Waals surface area contributed by atoms with Crippen molar-refractivity contribution in [3.8, 4) is 0 Å². The molecular weight excluding hydrogens is 398 g/mol. The molecule has 0 radical (unpaired) electrons. The van der Waals surface area contributed by atoms with Crippen LogP contribution in [0.1, 0.15) is 54.8 Å². The lowest BCUT2D eigenvalue weighted by molar-refractivity contribution is -0.124. The summed E-state index contributed by atoms with van der Waals surface area (Å²) in [7, 11) is 0. The van der Waals surface area contributed by atoms with Crippen molar-refractivity contribution < 1.29 is 9.59 Å². The predicted octanol–water partition coefficient (Wildman–Crippen LogP) is 3.93. The van der Waals surface area contributed by atoms with Crippen molar-refractivity contribution >= 4 is 29.0 Å². The molecule has 2 amide bonds. The van der Waals surface area contributed by atoms with Gasteiger partial charge in [-0.2, -0.15) is 0 Å². The van der Waals surface area contributed by atoms with Crippen molar-refractivity contribution in [2.24, 2.45) is 0 Å². The molecule has 3 aromatic rings. The standard InChI is InChI=1S/C22H25N5O2S/c1-5-22(3,4)24-20(28)19(16-9-11-23-12-10-16)27(17-8-6-7-15(2)13-17)21(29)18-14-30-26-25-18/h6-14,19H,5H2,1-4H3,(H,24,28)/t19-/m1/s1. The second kappa shape index (κ2) is 9.13. The van der Waals surface area contributed by atoms with Gasteiger partial charge in [0.1, 0.15) is 6.04 Å². The molecule has 0 aliphatic heterocycles. The van der Waals surface area contributed by atoms with Gasteiger partial charge in [-0.05, 0) is 74.1 Å². The number of aromatic nitrogens is 3. The number of nitrogens with zero attached hydrogens (tertiary/aromatic N) is 4. The SMILES string of the molecule is CCC(C)(C)NC(=O)[C@@H](c1ccncc1)N(C(=O)c1csnn1)c1cccc(C)c1. The molecule has 0 unspecified atom stereocenters. The zero-order valence-electron chi connectivity index (χ0n) is 17.5. The summed E-state index contributed by atoms with van der Waals surface area (Å²) >= 11 is 1.09. The number of rotatable bonds is 7. The Balaban J connectivity index is 2.15. The van der Waals surface area contributed by atoms with Gasteiger partial charge in [0, 0.05) is 29.0 Å². The Bertz CT molecular complexity index is 1010. The van der Waals surface area contributed by atoms with Crippen LogP contribution in [0.3, 0.4) is 0 Å². The molecule has 156 valence electrons. The maximum absolute atomic E-state index is 13.5. The number of hydrogen-bond donors (Lipinski definition) is 1. The zero-order chi connectivity index (χ0) is 21.7. The van der Waals surface area contributed by atoms with Crippen LogP contribution in [0.4, 0.5) is 5.69 Å². The van der Waals surface area contributed by atoms with Crippen molar-refractivity contribution in [3.05, 3.63) is 71.0 Å². The average Bonchev–Trinajstić information content (AvgIpc) is 3.26. The summed E-state index contributed by atoms with van der Waals surface area (Å²) in [6, 6.07) is 10.1. The quantitative estimate of drug-likeness (QED) is 0.622. The Morgan fingerprint density at radius 1 is 1.20 bits per heavy atom. The minimum absolute atomic E-state index is 0.197. The lowest BCUT2D eigenvalue weighted by Gasteiger charge is -2.34. The van der Waals surface area contributed by atoms with E-state index in [1.807, 2.05) is 52.0 Å². The van der Waals surface area contributed by atoms with Gasteiger partial charge < -0.3 is 5.32 Å². The molecule has 30 heavy (non-hydrogen) atoms. The van der Waals surface area contributed by atoms with Crippen molar-refractivity contribution in [2.45, 2.75) is 45.7 Å². The van der Waals surface area contributed by atoms with Crippen LogP contribution in [0.2, 0.25) is 0 Å². The molecule has 1 aromatic carbocycles. The molecule has 3 rings (SSSR count). The maximum Gasteiger partial charge on any atom is 0.280 e. The van der Waals surface area contributed by atoms with Crippen LogP contribution in [-0.4, -0.2) is 31.9 Å². The van der Waals surface area contributed by atoms with E-state index in [2.05, 4.69) is 19.9 Å². The van der Waals surface area contributed by atoms with Crippen molar-refractivity contribution in [2.75, 3.05) is 4.90 Å². The molecule has 2 aromatic heterocycles. The van der Waals surface area contributed by atoms with Gasteiger partial charge in [-0.15, -0.1) is 5.10 Å². The van der Waals surface area contributed by atoms with E-state index in [4.69, 9.17) is 0 Å². The fraction of sp³-hybridized carbons (Fsp3) is 0.318. The molecule has 0 bridgehead atoms. The van der Waals surface area contributed by atoms with Crippen molar-refractivity contribution in [3.63, 3.8) is 0 Å². The van der Waals surface area contributed by atoms with Gasteiger partial charge in [0.25, 0.3) is 5.91 Å². The largest absolute Gasteiger partial charge is 0.349 e. The van der Waals surface area contributed by atoms with Crippen LogP contribution in [-0.2, 0) is 4.79 Å². The molecule has 0 saturated heterocycles. The second-order valence-electron chi connectivity index (χ2n) is 7.71. The average molecular weight is 424 g/mol. The van der Waals surface area contributed by atoms with Crippen molar-refractivity contribution in [1.82, 2.24) is 19.9 Å². The molecule has 1 N–H and O–H groups in total. The summed E-state index contributed by atoms with van der Waals surface area (Å²) in [4.78, 5) is 32.6. The van der Waals surface area contributed by atoms with E-state index < -0.39 is 11.6 Å². The Morgan fingerprint density at radius 2 is 1.93 bits per heavy atom. The molecule has 0 aliphatic rings. The summed E-state index contributed by atoms with van der Waals surface area (Å²) < 4.78 is 3.82. The molecule has 1 atom stereocenters. The number of pyridine rings is 1. The predicted molar refractivity (Wildman–Crippen MR) is 117 cm³/mol. The highest BCUT2D eigenvalue weighted by atomic mass is 32.1. The second-order valence-corrected chi connectivity index (χ2v) is 8.32. The summed E-state index contributed by atoms with van der Waals surface area (Å²) in [5.74, 6) is -0.660. The van der Waals surface area contributed by atoms with Gasteiger partial charge in [-0.1, -0.05) is 23.5 Å². The van der Waals surface area contributed by atoms with Gasteiger partial charge in [0.2, 0.25) is 5.91 Å². The summed E-state index contributed by atoms with van der Waals surface area (Å²) in [5, 5.41) is 8.61. The number of benzene rings is 1. The van der Waals surface area contributed by atoms with Gasteiger partial charge in [0.05, 0.1) is 0 Å². The van der Waals surface area contributed by atoms with Gasteiger partial charge in [0.15, 0.2) is 5.69 Å². The highest BCUT2D eigenvalue weighted by Crippen LogP contribution is 2.30. The topological polar surface area (TPSA) is 88.1 Å². The third-order valence-corrected chi connectivity index (χ3v) is 5.46. The third-order valence-electron chi connectivity index (χ3n) is 4.95. The Labute approximate surface area is 180 Å². The monoisotopic (exact) mass is 423 g/mol. The number of carbonyl (C=O) groups is 2. The summed E-state index contributed by atoms with van der Waals surface area (Å²) in [6.45, 7) is 7.86. The van der Waals surface area contributed by atoms with Crippen LogP contribution in [0.5, 0.6) is 0 Å². The molecule has 0 fully saturated rings. The first-order chi connectivity index (χ1) is 14.3. The zero-order valence-corrected chi connectivity index (χ0v) is 18.3. The fourth-order valence-corrected chi connectivity index (χ4v) is 3.43. The Hall–Kier alpha value is -3.13. The maximum atomic E-state index is 13.5. The Morgan fingerprint density at radius 3 is 2.53 bits per heavy atom. The van der Waals surface area contributed by atoms with E-state index in [9.17, 15) is 9.59 Å². The van der Waals surface area contributed by atoms with Crippen LogP contribution in [0, 0.1) is 6.92 Å².